The molecule has 1 aromatic heterocycles. The van der Waals surface area contributed by atoms with Gasteiger partial charge in [-0.15, -0.1) is 0 Å². The highest BCUT2D eigenvalue weighted by Gasteiger charge is 2.27. The molecule has 158 valence electrons. The molecule has 5 nitrogen and oxygen atoms in total. The molecule has 1 heterocycles. The number of halogens is 6. The lowest BCUT2D eigenvalue weighted by atomic mass is 10.1. The molecule has 1 amide bonds. The van der Waals surface area contributed by atoms with Crippen LogP contribution in [-0.4, -0.2) is 15.7 Å². The summed E-state index contributed by atoms with van der Waals surface area (Å²) in [6.07, 6.45) is 1.34. The Morgan fingerprint density at radius 3 is 2.13 bits per heavy atom. The van der Waals surface area contributed by atoms with Gasteiger partial charge in [0.1, 0.15) is 11.4 Å². The number of aryl methyl sites for hydroxylation is 2. The summed E-state index contributed by atoms with van der Waals surface area (Å²) in [7, 11) is 0. The van der Waals surface area contributed by atoms with Crippen molar-refractivity contribution in [2.75, 3.05) is 5.32 Å². The minimum atomic E-state index is -2.32. The number of carbonyl (C=O) groups excluding carboxylic acids is 1. The first-order valence-corrected chi connectivity index (χ1v) is 8.73. The smallest absolute Gasteiger partial charge is 0.276 e. The largest absolute Gasteiger partial charge is 0.471 e. The fourth-order valence-corrected chi connectivity index (χ4v) is 2.69. The number of hydrogen-bond donors (Lipinski definition) is 1. The monoisotopic (exact) mass is 445 g/mol. The highest BCUT2D eigenvalue weighted by molar-refractivity contribution is 6.32. The average Bonchev–Trinajstić information content (AvgIpc) is 3.19. The predicted octanol–water partition coefficient (Wildman–Crippen LogP) is 5.14. The van der Waals surface area contributed by atoms with Crippen LogP contribution in [0.3, 0.4) is 0 Å². The molecule has 3 aromatic rings. The number of benzene rings is 2. The second-order valence-corrected chi connectivity index (χ2v) is 6.66. The average molecular weight is 446 g/mol. The van der Waals surface area contributed by atoms with Crippen LogP contribution in [0.1, 0.15) is 21.6 Å². The van der Waals surface area contributed by atoms with E-state index in [0.717, 1.165) is 11.1 Å². The Morgan fingerprint density at radius 1 is 1.03 bits per heavy atom. The molecule has 0 aliphatic heterocycles. The third-order valence-corrected chi connectivity index (χ3v) is 4.69. The van der Waals surface area contributed by atoms with Gasteiger partial charge in [-0.2, -0.15) is 5.10 Å². The topological polar surface area (TPSA) is 56.1 Å². The van der Waals surface area contributed by atoms with Gasteiger partial charge in [0.05, 0.1) is 0 Å². The van der Waals surface area contributed by atoms with Gasteiger partial charge in [-0.3, -0.25) is 4.79 Å². The van der Waals surface area contributed by atoms with Gasteiger partial charge in [0, 0.05) is 11.2 Å². The molecule has 2 aromatic carbocycles. The van der Waals surface area contributed by atoms with Gasteiger partial charge >= 0.3 is 0 Å². The molecule has 0 aliphatic rings. The maximum Gasteiger partial charge on any atom is 0.276 e. The van der Waals surface area contributed by atoms with Crippen molar-refractivity contribution >= 4 is 23.2 Å². The molecule has 0 unspecified atom stereocenters. The number of anilines is 1. The summed E-state index contributed by atoms with van der Waals surface area (Å²) >= 11 is 6.08. The van der Waals surface area contributed by atoms with Crippen molar-refractivity contribution in [3.63, 3.8) is 0 Å². The highest BCUT2D eigenvalue weighted by Crippen LogP contribution is 2.28. The summed E-state index contributed by atoms with van der Waals surface area (Å²) < 4.78 is 73.7. The number of rotatable bonds is 5. The second kappa shape index (κ2) is 8.31. The van der Waals surface area contributed by atoms with E-state index in [2.05, 4.69) is 5.10 Å². The van der Waals surface area contributed by atoms with Gasteiger partial charge in [-0.05, 0) is 43.2 Å². The van der Waals surface area contributed by atoms with Crippen LogP contribution in [0.5, 0.6) is 5.75 Å². The number of nitrogens with one attached hydrogen (secondary N) is 1. The third kappa shape index (κ3) is 4.09. The van der Waals surface area contributed by atoms with Crippen molar-refractivity contribution in [2.45, 2.75) is 20.6 Å². The molecular weight excluding hydrogens is 433 g/mol. The number of ether oxygens (including phenoxy) is 1. The van der Waals surface area contributed by atoms with E-state index in [1.165, 1.54) is 16.9 Å². The van der Waals surface area contributed by atoms with E-state index in [-0.39, 0.29) is 12.4 Å². The van der Waals surface area contributed by atoms with Crippen LogP contribution in [0, 0.1) is 42.9 Å². The van der Waals surface area contributed by atoms with Gasteiger partial charge in [0.25, 0.3) is 5.91 Å². The van der Waals surface area contributed by atoms with E-state index in [1.54, 1.807) is 31.3 Å². The first-order valence-electron chi connectivity index (χ1n) is 8.36. The number of amides is 1. The Morgan fingerprint density at radius 2 is 1.57 bits per heavy atom. The molecule has 0 aliphatic carbocycles. The molecule has 0 saturated carbocycles. The van der Waals surface area contributed by atoms with Crippen molar-refractivity contribution in [1.82, 2.24) is 9.78 Å². The summed E-state index contributed by atoms with van der Waals surface area (Å²) in [6, 6.07) is 4.59. The lowest BCUT2D eigenvalue weighted by Crippen LogP contribution is -2.18. The summed E-state index contributed by atoms with van der Waals surface area (Å²) in [5.41, 5.74) is -0.189. The maximum absolute atomic E-state index is 13.7. The summed E-state index contributed by atoms with van der Waals surface area (Å²) in [4.78, 5) is 12.1. The van der Waals surface area contributed by atoms with E-state index < -0.39 is 40.7 Å². The Balaban J connectivity index is 1.73. The quantitative estimate of drug-likeness (QED) is 0.336. The minimum absolute atomic E-state index is 0.115. The van der Waals surface area contributed by atoms with Crippen LogP contribution in [-0.2, 0) is 6.73 Å². The zero-order chi connectivity index (χ0) is 22.2. The normalized spacial score (nSPS) is 10.9. The Hall–Kier alpha value is -3.14. The zero-order valence-corrected chi connectivity index (χ0v) is 16.3. The molecule has 0 spiro atoms. The lowest BCUT2D eigenvalue weighted by Gasteiger charge is -2.10. The van der Waals surface area contributed by atoms with Crippen LogP contribution >= 0.6 is 11.6 Å². The first kappa shape index (κ1) is 21.6. The van der Waals surface area contributed by atoms with Crippen LogP contribution in [0.2, 0.25) is 5.02 Å². The molecule has 11 heteroatoms. The van der Waals surface area contributed by atoms with Gasteiger partial charge in [-0.25, -0.2) is 26.6 Å². The van der Waals surface area contributed by atoms with E-state index in [4.69, 9.17) is 16.3 Å². The van der Waals surface area contributed by atoms with Crippen LogP contribution < -0.4 is 10.1 Å². The molecule has 30 heavy (non-hydrogen) atoms. The fourth-order valence-electron chi connectivity index (χ4n) is 2.58. The number of aromatic nitrogens is 2. The zero-order valence-electron chi connectivity index (χ0n) is 15.5. The van der Waals surface area contributed by atoms with Gasteiger partial charge in [-0.1, -0.05) is 11.6 Å². The Labute approximate surface area is 172 Å². The number of hydrogen-bond acceptors (Lipinski definition) is 3. The molecule has 3 rings (SSSR count). The Bertz CT molecular complexity index is 1100. The summed E-state index contributed by atoms with van der Waals surface area (Å²) in [6.45, 7) is 3.49. The van der Waals surface area contributed by atoms with Crippen molar-refractivity contribution in [2.24, 2.45) is 0 Å². The second-order valence-electron chi connectivity index (χ2n) is 6.28. The van der Waals surface area contributed by atoms with E-state index >= 15 is 0 Å². The molecule has 0 saturated heterocycles. The summed E-state index contributed by atoms with van der Waals surface area (Å²) in [5, 5.41) is 6.10. The fraction of sp³-hybridized carbons (Fsp3) is 0.158. The van der Waals surface area contributed by atoms with E-state index in [0.29, 0.717) is 10.8 Å². The van der Waals surface area contributed by atoms with Crippen LogP contribution in [0.4, 0.5) is 27.6 Å². The van der Waals surface area contributed by atoms with E-state index in [1.807, 2.05) is 0 Å². The Kier molecular flexibility index (Phi) is 5.97. The van der Waals surface area contributed by atoms with Crippen LogP contribution in [0.15, 0.2) is 24.4 Å². The van der Waals surface area contributed by atoms with Crippen LogP contribution in [0.25, 0.3) is 0 Å². The predicted molar refractivity (Wildman–Crippen MR) is 98.0 cm³/mol. The van der Waals surface area contributed by atoms with Gasteiger partial charge in [0.2, 0.25) is 5.82 Å². The minimum Gasteiger partial charge on any atom is -0.471 e. The summed E-state index contributed by atoms with van der Waals surface area (Å²) in [5.74, 6) is -11.6. The molecule has 1 N–H and O–H groups in total. The van der Waals surface area contributed by atoms with Crippen molar-refractivity contribution in [3.8, 4) is 5.75 Å². The molecule has 0 radical (unpaired) electrons. The molecule has 0 fully saturated rings. The van der Waals surface area contributed by atoms with E-state index in [9.17, 15) is 26.7 Å². The maximum atomic E-state index is 13.7. The molecule has 0 bridgehead atoms. The first-order chi connectivity index (χ1) is 14.1. The third-order valence-electron chi connectivity index (χ3n) is 4.10. The molecule has 0 atom stereocenters. The van der Waals surface area contributed by atoms with Gasteiger partial charge in [0.15, 0.2) is 35.7 Å². The number of nitrogens with zero attached hydrogens (tertiary/aromatic N) is 2. The van der Waals surface area contributed by atoms with Crippen molar-refractivity contribution in [3.05, 3.63) is 75.3 Å². The molecular formula is C19H13ClF5N3O2. The highest BCUT2D eigenvalue weighted by atomic mass is 35.5. The lowest BCUT2D eigenvalue weighted by molar-refractivity contribution is 0.101. The standard InChI is InChI=1S/C19H13ClF5N3O2/c1-8-5-10(6-9(2)12(8)20)30-7-28-4-3-11(27-28)19(29)26-18-16(24)14(22)13(21)15(23)17(18)25/h3-6H,7H2,1-2H3,(H,26,29). The van der Waals surface area contributed by atoms with Crippen molar-refractivity contribution in [1.29, 1.82) is 0 Å². The van der Waals surface area contributed by atoms with Crippen molar-refractivity contribution < 1.29 is 31.5 Å². The SMILES string of the molecule is Cc1cc(OCn2ccc(C(=O)Nc3c(F)c(F)c(F)c(F)c3F)n2)cc(C)c1Cl. The van der Waals surface area contributed by atoms with Gasteiger partial charge < -0.3 is 10.1 Å². The number of carbonyl (C=O) groups is 1.